The van der Waals surface area contributed by atoms with Gasteiger partial charge in [0.25, 0.3) is 5.91 Å². The number of Topliss-reactive ketones (excluding diaryl/α,β-unsaturated/α-hetero) is 1. The second kappa shape index (κ2) is 5.42. The first-order valence-electron chi connectivity index (χ1n) is 5.06. The maximum Gasteiger partial charge on any atom is 0.254 e. The van der Waals surface area contributed by atoms with E-state index in [4.69, 9.17) is 0 Å². The Kier molecular flexibility index (Phi) is 4.19. The van der Waals surface area contributed by atoms with Gasteiger partial charge in [0.05, 0.1) is 6.04 Å². The van der Waals surface area contributed by atoms with Crippen LogP contribution in [0.15, 0.2) is 30.3 Å². The van der Waals surface area contributed by atoms with Gasteiger partial charge < -0.3 is 10.4 Å². The maximum absolute atomic E-state index is 11.5. The number of carbonyl (C=O) groups is 2. The highest BCUT2D eigenvalue weighted by atomic mass is 16.3. The van der Waals surface area contributed by atoms with Gasteiger partial charge in [0.1, 0.15) is 0 Å². The highest BCUT2D eigenvalue weighted by molar-refractivity contribution is 5.89. The number of aliphatic hydroxyl groups excluding tert-OH is 1. The molecule has 0 bridgehead atoms. The van der Waals surface area contributed by atoms with E-state index in [9.17, 15) is 14.7 Å². The Labute approximate surface area is 94.3 Å². The summed E-state index contributed by atoms with van der Waals surface area (Å²) < 4.78 is 0. The molecule has 4 heteroatoms. The Morgan fingerprint density at radius 3 is 2.31 bits per heavy atom. The third-order valence-corrected chi connectivity index (χ3v) is 2.33. The van der Waals surface area contributed by atoms with E-state index in [-0.39, 0.29) is 5.78 Å². The molecule has 86 valence electrons. The van der Waals surface area contributed by atoms with Gasteiger partial charge in [0, 0.05) is 0 Å². The molecular formula is C12H15NO3. The molecule has 0 saturated carbocycles. The predicted octanol–water partition coefficient (Wildman–Crippen LogP) is 0.814. The van der Waals surface area contributed by atoms with Crippen LogP contribution in [0.5, 0.6) is 0 Å². The van der Waals surface area contributed by atoms with Crippen LogP contribution in [0.1, 0.15) is 25.5 Å². The number of aliphatic hydroxyl groups is 1. The zero-order valence-corrected chi connectivity index (χ0v) is 9.31. The Balaban J connectivity index is 2.65. The minimum absolute atomic E-state index is 0.145. The van der Waals surface area contributed by atoms with Gasteiger partial charge in [0.15, 0.2) is 11.9 Å². The highest BCUT2D eigenvalue weighted by Gasteiger charge is 2.19. The fraction of sp³-hybridized carbons (Fsp3) is 0.333. The van der Waals surface area contributed by atoms with Gasteiger partial charge in [-0.3, -0.25) is 9.59 Å². The number of carbonyl (C=O) groups excluding carboxylic acids is 2. The van der Waals surface area contributed by atoms with E-state index >= 15 is 0 Å². The Bertz CT molecular complexity index is 375. The molecule has 1 amide bonds. The molecule has 2 N–H and O–H groups in total. The molecule has 0 saturated heterocycles. The van der Waals surface area contributed by atoms with Crippen molar-refractivity contribution in [2.75, 3.05) is 0 Å². The number of benzene rings is 1. The third kappa shape index (κ3) is 3.17. The van der Waals surface area contributed by atoms with Gasteiger partial charge in [-0.15, -0.1) is 0 Å². The summed E-state index contributed by atoms with van der Waals surface area (Å²) in [5.41, 5.74) is 0.510. The molecule has 1 aromatic rings. The van der Waals surface area contributed by atoms with Crippen molar-refractivity contribution in [3.05, 3.63) is 35.9 Å². The molecule has 0 aliphatic heterocycles. The minimum Gasteiger partial charge on any atom is -0.378 e. The largest absolute Gasteiger partial charge is 0.378 e. The summed E-state index contributed by atoms with van der Waals surface area (Å²) in [6.07, 6.45) is -1.23. The maximum atomic E-state index is 11.5. The average Bonchev–Trinajstić information content (AvgIpc) is 2.28. The van der Waals surface area contributed by atoms with Crippen LogP contribution in [0.25, 0.3) is 0 Å². The summed E-state index contributed by atoms with van der Waals surface area (Å²) in [5.74, 6) is -0.706. The Morgan fingerprint density at radius 1 is 1.25 bits per heavy atom. The Hall–Kier alpha value is -1.68. The first-order valence-corrected chi connectivity index (χ1v) is 5.06. The van der Waals surface area contributed by atoms with Crippen LogP contribution in [-0.2, 0) is 9.59 Å². The number of ketones is 1. The summed E-state index contributed by atoms with van der Waals surface area (Å²) >= 11 is 0. The minimum atomic E-state index is -1.23. The van der Waals surface area contributed by atoms with E-state index in [1.165, 1.54) is 6.92 Å². The normalized spacial score (nSPS) is 13.9. The fourth-order valence-corrected chi connectivity index (χ4v) is 1.18. The fourth-order valence-electron chi connectivity index (χ4n) is 1.18. The standard InChI is InChI=1S/C12H15NO3/c1-8(9(2)14)13-12(16)11(15)10-6-4-3-5-7-10/h3-8,11,15H,1-2H3,(H,13,16)/t8-,11-/m0/s1. The molecule has 0 spiro atoms. The molecule has 16 heavy (non-hydrogen) atoms. The molecule has 0 aromatic heterocycles. The van der Waals surface area contributed by atoms with Crippen LogP contribution in [-0.4, -0.2) is 22.8 Å². The highest BCUT2D eigenvalue weighted by Crippen LogP contribution is 2.11. The van der Waals surface area contributed by atoms with Crippen molar-refractivity contribution in [1.29, 1.82) is 0 Å². The third-order valence-electron chi connectivity index (χ3n) is 2.33. The summed E-state index contributed by atoms with van der Waals surface area (Å²) in [6.45, 7) is 2.97. The van der Waals surface area contributed by atoms with Crippen molar-refractivity contribution >= 4 is 11.7 Å². The molecule has 0 unspecified atom stereocenters. The lowest BCUT2D eigenvalue weighted by atomic mass is 10.1. The first kappa shape index (κ1) is 12.4. The van der Waals surface area contributed by atoms with Gasteiger partial charge in [-0.1, -0.05) is 30.3 Å². The SMILES string of the molecule is CC(=O)[C@H](C)NC(=O)[C@@H](O)c1ccccc1. The van der Waals surface area contributed by atoms with Crippen molar-refractivity contribution in [3.8, 4) is 0 Å². The monoisotopic (exact) mass is 221 g/mol. The van der Waals surface area contributed by atoms with E-state index in [0.717, 1.165) is 0 Å². The molecule has 2 atom stereocenters. The summed E-state index contributed by atoms with van der Waals surface area (Å²) in [7, 11) is 0. The van der Waals surface area contributed by atoms with Crippen molar-refractivity contribution in [2.24, 2.45) is 0 Å². The first-order chi connectivity index (χ1) is 7.52. The molecular weight excluding hydrogens is 206 g/mol. The molecule has 0 fully saturated rings. The van der Waals surface area contributed by atoms with E-state index < -0.39 is 18.1 Å². The molecule has 0 aliphatic carbocycles. The van der Waals surface area contributed by atoms with E-state index in [1.54, 1.807) is 37.3 Å². The topological polar surface area (TPSA) is 66.4 Å². The number of nitrogens with one attached hydrogen (secondary N) is 1. The molecule has 1 aromatic carbocycles. The second-order valence-electron chi connectivity index (χ2n) is 3.65. The second-order valence-corrected chi connectivity index (χ2v) is 3.65. The molecule has 0 heterocycles. The van der Waals surface area contributed by atoms with Crippen molar-refractivity contribution < 1.29 is 14.7 Å². The zero-order chi connectivity index (χ0) is 12.1. The van der Waals surface area contributed by atoms with Gasteiger partial charge in [-0.25, -0.2) is 0 Å². The van der Waals surface area contributed by atoms with Crippen LogP contribution in [0.4, 0.5) is 0 Å². The lowest BCUT2D eigenvalue weighted by Crippen LogP contribution is -2.40. The number of hydrogen-bond donors (Lipinski definition) is 2. The molecule has 4 nitrogen and oxygen atoms in total. The number of rotatable bonds is 4. The van der Waals surface area contributed by atoms with Crippen molar-refractivity contribution in [2.45, 2.75) is 26.0 Å². The molecule has 0 aliphatic rings. The summed E-state index contributed by atoms with van der Waals surface area (Å²) in [4.78, 5) is 22.5. The van der Waals surface area contributed by atoms with Gasteiger partial charge >= 0.3 is 0 Å². The quantitative estimate of drug-likeness (QED) is 0.790. The van der Waals surface area contributed by atoms with E-state index in [1.807, 2.05) is 0 Å². The average molecular weight is 221 g/mol. The summed E-state index contributed by atoms with van der Waals surface area (Å²) in [6, 6.07) is 8.00. The lowest BCUT2D eigenvalue weighted by molar-refractivity contribution is -0.132. The lowest BCUT2D eigenvalue weighted by Gasteiger charge is -2.14. The van der Waals surface area contributed by atoms with Crippen LogP contribution in [0, 0.1) is 0 Å². The van der Waals surface area contributed by atoms with Crippen LogP contribution in [0.3, 0.4) is 0 Å². The zero-order valence-electron chi connectivity index (χ0n) is 9.31. The van der Waals surface area contributed by atoms with Crippen LogP contribution < -0.4 is 5.32 Å². The van der Waals surface area contributed by atoms with Gasteiger partial charge in [-0.05, 0) is 19.4 Å². The number of amides is 1. The van der Waals surface area contributed by atoms with Gasteiger partial charge in [0.2, 0.25) is 0 Å². The molecule has 0 radical (unpaired) electrons. The predicted molar refractivity (Wildman–Crippen MR) is 59.7 cm³/mol. The van der Waals surface area contributed by atoms with Crippen LogP contribution in [0.2, 0.25) is 0 Å². The van der Waals surface area contributed by atoms with E-state index in [2.05, 4.69) is 5.32 Å². The van der Waals surface area contributed by atoms with Crippen LogP contribution >= 0.6 is 0 Å². The van der Waals surface area contributed by atoms with Crippen molar-refractivity contribution in [3.63, 3.8) is 0 Å². The van der Waals surface area contributed by atoms with Gasteiger partial charge in [-0.2, -0.15) is 0 Å². The smallest absolute Gasteiger partial charge is 0.254 e. The summed E-state index contributed by atoms with van der Waals surface area (Å²) in [5, 5.41) is 12.1. The molecule has 1 rings (SSSR count). The van der Waals surface area contributed by atoms with Crippen molar-refractivity contribution in [1.82, 2.24) is 5.32 Å². The van der Waals surface area contributed by atoms with E-state index in [0.29, 0.717) is 5.56 Å². The number of hydrogen-bond acceptors (Lipinski definition) is 3. The Morgan fingerprint density at radius 2 is 1.81 bits per heavy atom.